The topological polar surface area (TPSA) is 65.8 Å². The van der Waals surface area contributed by atoms with E-state index in [2.05, 4.69) is 20.2 Å². The number of alkyl halides is 2. The number of halogens is 4. The van der Waals surface area contributed by atoms with E-state index in [-0.39, 0.29) is 12.1 Å². The van der Waals surface area contributed by atoms with Crippen molar-refractivity contribution in [1.82, 2.24) is 33.9 Å². The molecule has 1 aliphatic rings. The maximum absolute atomic E-state index is 15.0. The quantitative estimate of drug-likeness (QED) is 0.217. The number of aromatic nitrogens is 7. The molecule has 5 heterocycles. The molecule has 7 nitrogen and oxygen atoms in total. The number of hydrogen-bond acceptors (Lipinski definition) is 4. The Morgan fingerprint density at radius 2 is 1.63 bits per heavy atom. The van der Waals surface area contributed by atoms with Gasteiger partial charge in [-0.05, 0) is 67.9 Å². The monoisotopic (exact) mass is 557 g/mol. The lowest BCUT2D eigenvalue weighted by molar-refractivity contribution is 0.0888. The van der Waals surface area contributed by atoms with Gasteiger partial charge < -0.3 is 0 Å². The van der Waals surface area contributed by atoms with Crippen molar-refractivity contribution < 1.29 is 17.6 Å². The van der Waals surface area contributed by atoms with Gasteiger partial charge in [0.2, 0.25) is 0 Å². The maximum Gasteiger partial charge on any atom is 0.254 e. The summed E-state index contributed by atoms with van der Waals surface area (Å²) in [6.07, 6.45) is 4.54. The van der Waals surface area contributed by atoms with E-state index in [1.807, 2.05) is 30.5 Å². The summed E-state index contributed by atoms with van der Waals surface area (Å²) in [5, 5.41) is 8.90. The molecule has 1 saturated carbocycles. The van der Waals surface area contributed by atoms with Gasteiger partial charge in [0.25, 0.3) is 11.9 Å². The van der Waals surface area contributed by atoms with Gasteiger partial charge in [0.1, 0.15) is 17.3 Å². The van der Waals surface area contributed by atoms with E-state index >= 15 is 4.39 Å². The standard InChI is InChI=1S/C30H23F4N7/c1-17-3-4-18(2)41(17)29-37-26-13-20(11-12-39(26)38-29)27-24(32)9-10-25(36-27)21-15-35-40(16-21)28(23-14-30(23,33)34)19-5-7-22(31)8-6-19/h3-13,15-16,23,28H,14H2,1-2H3. The first-order valence-electron chi connectivity index (χ1n) is 13.0. The highest BCUT2D eigenvalue weighted by Gasteiger charge is 2.61. The molecule has 0 bridgehead atoms. The minimum absolute atomic E-state index is 0.111. The Labute approximate surface area is 231 Å². The predicted molar refractivity (Wildman–Crippen MR) is 144 cm³/mol. The van der Waals surface area contributed by atoms with Crippen molar-refractivity contribution in [2.75, 3.05) is 0 Å². The first-order valence-corrected chi connectivity index (χ1v) is 13.0. The predicted octanol–water partition coefficient (Wildman–Crippen LogP) is 6.59. The molecule has 0 aliphatic heterocycles. The summed E-state index contributed by atoms with van der Waals surface area (Å²) in [6.45, 7) is 3.93. The van der Waals surface area contributed by atoms with Crippen molar-refractivity contribution in [3.8, 4) is 28.5 Å². The molecule has 0 N–H and O–H groups in total. The summed E-state index contributed by atoms with van der Waals surface area (Å²) in [4.78, 5) is 9.19. The molecule has 1 fully saturated rings. The van der Waals surface area contributed by atoms with Crippen LogP contribution in [0.5, 0.6) is 0 Å². The van der Waals surface area contributed by atoms with Crippen LogP contribution in [0, 0.1) is 31.4 Å². The number of hydrogen-bond donors (Lipinski definition) is 0. The normalized spacial score (nSPS) is 16.8. The fourth-order valence-electron chi connectivity index (χ4n) is 5.33. The number of rotatable bonds is 6. The van der Waals surface area contributed by atoms with Crippen molar-refractivity contribution in [3.63, 3.8) is 0 Å². The van der Waals surface area contributed by atoms with Gasteiger partial charge in [-0.15, -0.1) is 5.10 Å². The van der Waals surface area contributed by atoms with E-state index < -0.39 is 29.5 Å². The number of benzene rings is 1. The number of nitrogens with zero attached hydrogens (tertiary/aromatic N) is 7. The van der Waals surface area contributed by atoms with Crippen LogP contribution in [-0.4, -0.2) is 39.9 Å². The summed E-state index contributed by atoms with van der Waals surface area (Å²) in [5.41, 5.74) is 4.61. The lowest BCUT2D eigenvalue weighted by atomic mass is 10.0. The number of aryl methyl sites for hydroxylation is 2. The minimum atomic E-state index is -2.83. The van der Waals surface area contributed by atoms with E-state index in [1.54, 1.807) is 29.0 Å². The van der Waals surface area contributed by atoms with Gasteiger partial charge in [-0.2, -0.15) is 10.1 Å². The Morgan fingerprint density at radius 1 is 0.902 bits per heavy atom. The molecule has 2 atom stereocenters. The molecule has 41 heavy (non-hydrogen) atoms. The molecule has 2 unspecified atom stereocenters. The average molecular weight is 558 g/mol. The lowest BCUT2D eigenvalue weighted by Crippen LogP contribution is -2.17. The zero-order valence-electron chi connectivity index (χ0n) is 22.0. The van der Waals surface area contributed by atoms with Crippen LogP contribution in [0.25, 0.3) is 34.1 Å². The smallest absolute Gasteiger partial charge is 0.254 e. The summed E-state index contributed by atoms with van der Waals surface area (Å²) in [5.74, 6) is -4.25. The van der Waals surface area contributed by atoms with Crippen molar-refractivity contribution >= 4 is 5.65 Å². The fourth-order valence-corrected chi connectivity index (χ4v) is 5.33. The first-order chi connectivity index (χ1) is 19.7. The van der Waals surface area contributed by atoms with E-state index in [0.29, 0.717) is 34.0 Å². The molecule has 206 valence electrons. The number of pyridine rings is 2. The largest absolute Gasteiger partial charge is 0.286 e. The Kier molecular flexibility index (Phi) is 5.60. The van der Waals surface area contributed by atoms with Crippen LogP contribution in [0.4, 0.5) is 17.6 Å². The van der Waals surface area contributed by atoms with Crippen LogP contribution in [0.2, 0.25) is 0 Å². The zero-order valence-corrected chi connectivity index (χ0v) is 22.0. The third-order valence-corrected chi connectivity index (χ3v) is 7.57. The van der Waals surface area contributed by atoms with Crippen molar-refractivity contribution in [2.45, 2.75) is 32.2 Å². The van der Waals surface area contributed by atoms with Gasteiger partial charge in [-0.3, -0.25) is 9.25 Å². The van der Waals surface area contributed by atoms with E-state index in [1.165, 1.54) is 47.3 Å². The van der Waals surface area contributed by atoms with Gasteiger partial charge in [-0.25, -0.2) is 27.1 Å². The van der Waals surface area contributed by atoms with E-state index in [0.717, 1.165) is 11.4 Å². The lowest BCUT2D eigenvalue weighted by Gasteiger charge is -2.18. The maximum atomic E-state index is 15.0. The highest BCUT2D eigenvalue weighted by atomic mass is 19.3. The van der Waals surface area contributed by atoms with E-state index in [9.17, 15) is 13.2 Å². The molecule has 0 saturated heterocycles. The first kappa shape index (κ1) is 25.2. The van der Waals surface area contributed by atoms with Crippen LogP contribution in [0.1, 0.15) is 29.4 Å². The summed E-state index contributed by atoms with van der Waals surface area (Å²) < 4.78 is 61.9. The zero-order chi connectivity index (χ0) is 28.5. The fraction of sp³-hybridized carbons (Fsp3) is 0.200. The Bertz CT molecular complexity index is 1900. The van der Waals surface area contributed by atoms with Crippen LogP contribution >= 0.6 is 0 Å². The van der Waals surface area contributed by atoms with Crippen molar-refractivity contribution in [2.24, 2.45) is 5.92 Å². The number of fused-ring (bicyclic) bond motifs is 1. The van der Waals surface area contributed by atoms with Crippen LogP contribution < -0.4 is 0 Å². The molecule has 1 aliphatic carbocycles. The van der Waals surface area contributed by atoms with Gasteiger partial charge in [0.15, 0.2) is 5.65 Å². The Balaban J connectivity index is 1.24. The van der Waals surface area contributed by atoms with Gasteiger partial charge in [-0.1, -0.05) is 12.1 Å². The Morgan fingerprint density at radius 3 is 2.34 bits per heavy atom. The Hall–Kier alpha value is -4.80. The summed E-state index contributed by atoms with van der Waals surface area (Å²) in [7, 11) is 0. The van der Waals surface area contributed by atoms with Crippen LogP contribution in [0.15, 0.2) is 79.3 Å². The van der Waals surface area contributed by atoms with Crippen LogP contribution in [0.3, 0.4) is 0 Å². The highest BCUT2D eigenvalue weighted by molar-refractivity contribution is 5.68. The van der Waals surface area contributed by atoms with Gasteiger partial charge in [0, 0.05) is 41.3 Å². The SMILES string of the molecule is Cc1ccc(C)n1-c1nc2cc(-c3nc(-c4cnn(C(c5ccc(F)cc5)C5CC5(F)F)c4)ccc3F)ccn2n1. The third-order valence-electron chi connectivity index (χ3n) is 7.57. The average Bonchev–Trinajstić information content (AvgIpc) is 3.37. The second kappa shape index (κ2) is 9.12. The molecule has 0 radical (unpaired) electrons. The minimum Gasteiger partial charge on any atom is -0.286 e. The molecule has 7 rings (SSSR count). The van der Waals surface area contributed by atoms with E-state index in [4.69, 9.17) is 0 Å². The van der Waals surface area contributed by atoms with Crippen LogP contribution in [-0.2, 0) is 0 Å². The molecule has 5 aromatic heterocycles. The van der Waals surface area contributed by atoms with Gasteiger partial charge >= 0.3 is 0 Å². The highest BCUT2D eigenvalue weighted by Crippen LogP contribution is 2.56. The molecule has 11 heteroatoms. The molecule has 0 spiro atoms. The second-order valence-corrected chi connectivity index (χ2v) is 10.4. The third kappa shape index (κ3) is 4.37. The van der Waals surface area contributed by atoms with Crippen molar-refractivity contribution in [1.29, 1.82) is 0 Å². The molecular formula is C30H23F4N7. The second-order valence-electron chi connectivity index (χ2n) is 10.4. The summed E-state index contributed by atoms with van der Waals surface area (Å²) >= 11 is 0. The molecule has 0 amide bonds. The van der Waals surface area contributed by atoms with Crippen molar-refractivity contribution in [3.05, 3.63) is 108 Å². The van der Waals surface area contributed by atoms with Gasteiger partial charge in [0.05, 0.1) is 23.9 Å². The molecule has 1 aromatic carbocycles. The summed E-state index contributed by atoms with van der Waals surface area (Å²) in [6, 6.07) is 14.9. The molecular weight excluding hydrogens is 534 g/mol. The molecule has 6 aromatic rings.